The van der Waals surface area contributed by atoms with Gasteiger partial charge in [-0.25, -0.2) is 4.99 Å². The first-order chi connectivity index (χ1) is 10.7. The third-order valence-corrected chi connectivity index (χ3v) is 3.48. The van der Waals surface area contributed by atoms with E-state index in [0.29, 0.717) is 13.1 Å². The van der Waals surface area contributed by atoms with Gasteiger partial charge in [-0.05, 0) is 25.1 Å². The second kappa shape index (κ2) is 7.76. The third kappa shape index (κ3) is 5.04. The molecule has 0 unspecified atom stereocenters. The molecular weight excluding hydrogens is 366 g/mol. The molecule has 4 N–H and O–H groups in total. The van der Waals surface area contributed by atoms with Crippen molar-refractivity contribution >= 4 is 41.6 Å². The largest absolute Gasteiger partial charge is 0.417 e. The summed E-state index contributed by atoms with van der Waals surface area (Å²) in [6.45, 7) is 3.19. The van der Waals surface area contributed by atoms with E-state index in [4.69, 9.17) is 23.1 Å². The van der Waals surface area contributed by atoms with Gasteiger partial charge >= 0.3 is 6.18 Å². The number of aliphatic imine (C=N–C) groups is 2. The summed E-state index contributed by atoms with van der Waals surface area (Å²) in [6.07, 6.45) is -2.58. The van der Waals surface area contributed by atoms with Crippen molar-refractivity contribution in [1.29, 1.82) is 0 Å². The Morgan fingerprint density at radius 2 is 1.96 bits per heavy atom. The van der Waals surface area contributed by atoms with Gasteiger partial charge in [0, 0.05) is 13.1 Å². The van der Waals surface area contributed by atoms with Gasteiger partial charge in [0.2, 0.25) is 5.96 Å². The van der Waals surface area contributed by atoms with Gasteiger partial charge < -0.3 is 16.4 Å². The van der Waals surface area contributed by atoms with E-state index < -0.39 is 16.8 Å². The molecule has 0 saturated heterocycles. The van der Waals surface area contributed by atoms with E-state index in [9.17, 15) is 13.2 Å². The Kier molecular flexibility index (Phi) is 6.50. The highest BCUT2D eigenvalue weighted by molar-refractivity contribution is 6.31. The van der Waals surface area contributed by atoms with Gasteiger partial charge in [-0.2, -0.15) is 18.2 Å². The van der Waals surface area contributed by atoms with Crippen molar-refractivity contribution in [3.05, 3.63) is 40.4 Å². The molecule has 1 aliphatic rings. The summed E-state index contributed by atoms with van der Waals surface area (Å²) in [5, 5.41) is -0.406. The summed E-state index contributed by atoms with van der Waals surface area (Å²) in [7, 11) is 0. The van der Waals surface area contributed by atoms with Crippen molar-refractivity contribution in [2.24, 2.45) is 21.5 Å². The monoisotopic (exact) mass is 381 g/mol. The van der Waals surface area contributed by atoms with Crippen LogP contribution in [0.1, 0.15) is 12.5 Å². The maximum Gasteiger partial charge on any atom is 0.417 e. The van der Waals surface area contributed by atoms with Gasteiger partial charge in [0.1, 0.15) is 0 Å². The van der Waals surface area contributed by atoms with Crippen LogP contribution in [-0.4, -0.2) is 29.9 Å². The first-order valence-corrected chi connectivity index (χ1v) is 7.00. The molecule has 0 fully saturated rings. The van der Waals surface area contributed by atoms with Crippen LogP contribution in [0.3, 0.4) is 0 Å². The summed E-state index contributed by atoms with van der Waals surface area (Å²) in [6, 6.07) is 3.23. The van der Waals surface area contributed by atoms with Crippen LogP contribution < -0.4 is 11.5 Å². The highest BCUT2D eigenvalue weighted by atomic mass is 35.5. The molecule has 5 nitrogen and oxygen atoms in total. The van der Waals surface area contributed by atoms with Crippen molar-refractivity contribution in [2.45, 2.75) is 13.1 Å². The minimum atomic E-state index is -4.57. The Morgan fingerprint density at radius 1 is 1.29 bits per heavy atom. The Balaban J connectivity index is 0.00000288. The Hall–Kier alpha value is -1.93. The van der Waals surface area contributed by atoms with Gasteiger partial charge in [0.05, 0.1) is 16.3 Å². The van der Waals surface area contributed by atoms with Crippen molar-refractivity contribution in [1.82, 2.24) is 4.90 Å². The van der Waals surface area contributed by atoms with E-state index in [1.807, 2.05) is 13.0 Å². The van der Waals surface area contributed by atoms with Crippen molar-refractivity contribution < 1.29 is 13.2 Å². The normalized spacial score (nSPS) is 16.0. The molecule has 0 radical (unpaired) electrons. The zero-order valence-corrected chi connectivity index (χ0v) is 14.2. The van der Waals surface area contributed by atoms with Crippen LogP contribution in [0, 0.1) is 0 Å². The smallest absolute Gasteiger partial charge is 0.369 e. The Labute approximate surface area is 148 Å². The van der Waals surface area contributed by atoms with E-state index in [-0.39, 0.29) is 30.0 Å². The molecule has 2 rings (SSSR count). The van der Waals surface area contributed by atoms with Gasteiger partial charge in [-0.3, -0.25) is 0 Å². The predicted octanol–water partition coefficient (Wildman–Crippen LogP) is 3.30. The third-order valence-electron chi connectivity index (χ3n) is 3.15. The zero-order chi connectivity index (χ0) is 17.2. The molecule has 24 heavy (non-hydrogen) atoms. The van der Waals surface area contributed by atoms with Crippen LogP contribution in [0.15, 0.2) is 39.8 Å². The van der Waals surface area contributed by atoms with Crippen molar-refractivity contribution in [3.8, 4) is 0 Å². The molecule has 1 aromatic rings. The molecule has 0 spiro atoms. The molecule has 10 heteroatoms. The van der Waals surface area contributed by atoms with Crippen LogP contribution >= 0.6 is 24.0 Å². The van der Waals surface area contributed by atoms with E-state index >= 15 is 0 Å². The van der Waals surface area contributed by atoms with Gasteiger partial charge in [-0.15, -0.1) is 12.4 Å². The average molecular weight is 382 g/mol. The molecule has 1 heterocycles. The number of rotatable bonds is 1. The molecule has 1 aromatic carbocycles. The number of halogens is 5. The highest BCUT2D eigenvalue weighted by Gasteiger charge is 2.33. The van der Waals surface area contributed by atoms with Crippen LogP contribution in [0.25, 0.3) is 0 Å². The quantitative estimate of drug-likeness (QED) is 0.444. The predicted molar refractivity (Wildman–Crippen MR) is 91.9 cm³/mol. The minimum Gasteiger partial charge on any atom is -0.369 e. The minimum absolute atomic E-state index is 0. The number of nitrogens with zero attached hydrogens (tertiary/aromatic N) is 3. The zero-order valence-electron chi connectivity index (χ0n) is 12.6. The molecule has 1 aliphatic heterocycles. The Bertz CT molecular complexity index is 698. The summed E-state index contributed by atoms with van der Waals surface area (Å²) in [5.74, 6) is -0.0770. The molecular formula is C14H16Cl2F3N5. The molecule has 0 amide bonds. The first kappa shape index (κ1) is 20.1. The molecule has 132 valence electrons. The standard InChI is InChI=1S/C14H15ClF3N5.ClH/c1-8-4-5-23(7-8)13(20)22-12(19)21-9-2-3-11(15)10(6-9)14(16,17)18;/h2-4,6H,5,7H2,1H3,(H4,19,20,21,22);1H. The number of guanidine groups is 2. The maximum atomic E-state index is 12.8. The molecule has 0 aromatic heterocycles. The topological polar surface area (TPSA) is 80.0 Å². The van der Waals surface area contributed by atoms with Crippen molar-refractivity contribution in [2.75, 3.05) is 13.1 Å². The van der Waals surface area contributed by atoms with Crippen LogP contribution in [-0.2, 0) is 6.18 Å². The molecule has 0 aliphatic carbocycles. The second-order valence-corrected chi connectivity index (χ2v) is 5.44. The lowest BCUT2D eigenvalue weighted by Crippen LogP contribution is -2.37. The number of nitrogens with two attached hydrogens (primary N) is 2. The maximum absolute atomic E-state index is 12.8. The lowest BCUT2D eigenvalue weighted by molar-refractivity contribution is -0.137. The fourth-order valence-corrected chi connectivity index (χ4v) is 2.24. The van der Waals surface area contributed by atoms with Gasteiger partial charge in [0.15, 0.2) is 5.96 Å². The lowest BCUT2D eigenvalue weighted by Gasteiger charge is -2.16. The van der Waals surface area contributed by atoms with Crippen molar-refractivity contribution in [3.63, 3.8) is 0 Å². The fraction of sp³-hybridized carbons (Fsp3) is 0.286. The number of alkyl halides is 3. The highest BCUT2D eigenvalue weighted by Crippen LogP contribution is 2.36. The number of hydrogen-bond donors (Lipinski definition) is 2. The van der Waals surface area contributed by atoms with Gasteiger partial charge in [-0.1, -0.05) is 23.3 Å². The van der Waals surface area contributed by atoms with Crippen LogP contribution in [0.2, 0.25) is 5.02 Å². The number of benzene rings is 1. The van der Waals surface area contributed by atoms with E-state index in [1.165, 1.54) is 6.07 Å². The summed E-state index contributed by atoms with van der Waals surface area (Å²) in [4.78, 5) is 9.50. The van der Waals surface area contributed by atoms with E-state index in [2.05, 4.69) is 9.98 Å². The lowest BCUT2D eigenvalue weighted by atomic mass is 10.2. The SMILES string of the molecule is CC1=CCN(C(N)=NC(N)=Nc2ccc(Cl)c(C(F)(F)F)c2)C1.Cl. The fourth-order valence-electron chi connectivity index (χ4n) is 2.02. The van der Waals surface area contributed by atoms with E-state index in [0.717, 1.165) is 17.7 Å². The Morgan fingerprint density at radius 3 is 2.50 bits per heavy atom. The van der Waals surface area contributed by atoms with Crippen LogP contribution in [0.4, 0.5) is 18.9 Å². The summed E-state index contributed by atoms with van der Waals surface area (Å²) < 4.78 is 38.4. The molecule has 0 bridgehead atoms. The van der Waals surface area contributed by atoms with Gasteiger partial charge in [0.25, 0.3) is 0 Å². The average Bonchev–Trinajstić information content (AvgIpc) is 2.86. The first-order valence-electron chi connectivity index (χ1n) is 6.62. The molecule has 0 atom stereocenters. The number of hydrogen-bond acceptors (Lipinski definition) is 1. The second-order valence-electron chi connectivity index (χ2n) is 5.03. The summed E-state index contributed by atoms with van der Waals surface area (Å²) >= 11 is 5.54. The summed E-state index contributed by atoms with van der Waals surface area (Å²) in [5.41, 5.74) is 11.6. The molecule has 0 saturated carbocycles. The van der Waals surface area contributed by atoms with E-state index in [1.54, 1.807) is 4.90 Å². The van der Waals surface area contributed by atoms with Crippen LogP contribution in [0.5, 0.6) is 0 Å².